The van der Waals surface area contributed by atoms with Gasteiger partial charge in [-0.2, -0.15) is 0 Å². The van der Waals surface area contributed by atoms with Crippen molar-refractivity contribution in [1.29, 1.82) is 0 Å². The number of carbonyl (C=O) groups is 1. The number of rotatable bonds is 4. The Labute approximate surface area is 146 Å². The van der Waals surface area contributed by atoms with Crippen molar-refractivity contribution in [3.63, 3.8) is 0 Å². The first-order valence-electron chi connectivity index (χ1n) is 8.78. The average molecular weight is 337 g/mol. The summed E-state index contributed by atoms with van der Waals surface area (Å²) in [7, 11) is 0. The second-order valence-corrected chi connectivity index (χ2v) is 6.88. The average Bonchev–Trinajstić information content (AvgIpc) is 2.97. The predicted octanol–water partition coefficient (Wildman–Crippen LogP) is 3.69. The Bertz CT molecular complexity index is 520. The highest BCUT2D eigenvalue weighted by molar-refractivity contribution is 5.85. The lowest BCUT2D eigenvalue weighted by Gasteiger charge is -2.26. The molecule has 3 unspecified atom stereocenters. The standard InChI is InChI=1S/C19H28N2O.ClH/c1-3-21(13-16-10-5-4-8-14(16)2)19(22)18-12-15-9-6-7-11-17(15)20-18;/h4-5,8,10,15,17-18,20H,3,6-7,9,11-13H2,1-2H3;1H. The van der Waals surface area contributed by atoms with E-state index < -0.39 is 0 Å². The molecule has 1 aromatic rings. The van der Waals surface area contributed by atoms with Crippen molar-refractivity contribution >= 4 is 18.3 Å². The Morgan fingerprint density at radius 2 is 2.00 bits per heavy atom. The van der Waals surface area contributed by atoms with E-state index in [9.17, 15) is 4.79 Å². The van der Waals surface area contributed by atoms with Crippen molar-refractivity contribution in [2.75, 3.05) is 6.54 Å². The predicted molar refractivity (Wildman–Crippen MR) is 96.8 cm³/mol. The first-order valence-corrected chi connectivity index (χ1v) is 8.78. The number of carbonyl (C=O) groups excluding carboxylic acids is 1. The monoisotopic (exact) mass is 336 g/mol. The van der Waals surface area contributed by atoms with E-state index in [4.69, 9.17) is 0 Å². The number of nitrogens with one attached hydrogen (secondary N) is 1. The van der Waals surface area contributed by atoms with E-state index in [1.807, 2.05) is 4.90 Å². The van der Waals surface area contributed by atoms with Gasteiger partial charge >= 0.3 is 0 Å². The van der Waals surface area contributed by atoms with Crippen molar-refractivity contribution in [2.24, 2.45) is 5.92 Å². The largest absolute Gasteiger partial charge is 0.337 e. The van der Waals surface area contributed by atoms with Gasteiger partial charge in [0, 0.05) is 19.1 Å². The lowest BCUT2D eigenvalue weighted by molar-refractivity contribution is -0.133. The molecule has 0 radical (unpaired) electrons. The Hall–Kier alpha value is -1.06. The van der Waals surface area contributed by atoms with E-state index in [2.05, 4.69) is 43.4 Å². The number of halogens is 1. The van der Waals surface area contributed by atoms with Crippen LogP contribution in [-0.4, -0.2) is 29.4 Å². The van der Waals surface area contributed by atoms with Gasteiger partial charge in [0.15, 0.2) is 0 Å². The topological polar surface area (TPSA) is 32.3 Å². The molecule has 3 rings (SSSR count). The van der Waals surface area contributed by atoms with Crippen LogP contribution in [0.4, 0.5) is 0 Å². The molecule has 1 aliphatic heterocycles. The molecule has 23 heavy (non-hydrogen) atoms. The van der Waals surface area contributed by atoms with Gasteiger partial charge in [-0.05, 0) is 50.2 Å². The lowest BCUT2D eigenvalue weighted by atomic mass is 9.85. The van der Waals surface area contributed by atoms with Gasteiger partial charge in [0.05, 0.1) is 6.04 Å². The summed E-state index contributed by atoms with van der Waals surface area (Å²) in [6, 6.07) is 8.99. The van der Waals surface area contributed by atoms with Crippen LogP contribution in [0, 0.1) is 12.8 Å². The fraction of sp³-hybridized carbons (Fsp3) is 0.632. The second kappa shape index (κ2) is 8.16. The summed E-state index contributed by atoms with van der Waals surface area (Å²) in [6.07, 6.45) is 6.23. The molecule has 0 spiro atoms. The maximum Gasteiger partial charge on any atom is 0.240 e. The maximum absolute atomic E-state index is 12.9. The molecule has 1 heterocycles. The van der Waals surface area contributed by atoms with Crippen LogP contribution < -0.4 is 5.32 Å². The third-order valence-electron chi connectivity index (χ3n) is 5.48. The minimum Gasteiger partial charge on any atom is -0.337 e. The smallest absolute Gasteiger partial charge is 0.240 e. The summed E-state index contributed by atoms with van der Waals surface area (Å²) >= 11 is 0. The van der Waals surface area contributed by atoms with Crippen LogP contribution in [0.5, 0.6) is 0 Å². The van der Waals surface area contributed by atoms with Crippen LogP contribution in [0.2, 0.25) is 0 Å². The van der Waals surface area contributed by atoms with E-state index in [0.717, 1.165) is 25.4 Å². The summed E-state index contributed by atoms with van der Waals surface area (Å²) in [5.41, 5.74) is 2.52. The van der Waals surface area contributed by atoms with E-state index in [-0.39, 0.29) is 18.4 Å². The number of aryl methyl sites for hydroxylation is 1. The third-order valence-corrected chi connectivity index (χ3v) is 5.48. The van der Waals surface area contributed by atoms with Gasteiger partial charge in [-0.1, -0.05) is 37.1 Å². The summed E-state index contributed by atoms with van der Waals surface area (Å²) in [6.45, 7) is 5.71. The Balaban J connectivity index is 0.00000192. The Morgan fingerprint density at radius 1 is 1.26 bits per heavy atom. The van der Waals surface area contributed by atoms with Gasteiger partial charge < -0.3 is 10.2 Å². The molecule has 1 saturated heterocycles. The fourth-order valence-corrected chi connectivity index (χ4v) is 4.07. The van der Waals surface area contributed by atoms with Crippen molar-refractivity contribution in [1.82, 2.24) is 10.2 Å². The molecule has 0 bridgehead atoms. The highest BCUT2D eigenvalue weighted by Crippen LogP contribution is 2.33. The summed E-state index contributed by atoms with van der Waals surface area (Å²) in [4.78, 5) is 14.9. The molecule has 4 heteroatoms. The minimum absolute atomic E-state index is 0. The van der Waals surface area contributed by atoms with Gasteiger partial charge in [-0.25, -0.2) is 0 Å². The summed E-state index contributed by atoms with van der Waals surface area (Å²) in [5.74, 6) is 1.01. The van der Waals surface area contributed by atoms with E-state index in [1.165, 1.54) is 36.8 Å². The first-order chi connectivity index (χ1) is 10.7. The SMILES string of the molecule is CCN(Cc1ccccc1C)C(=O)C1CC2CCCCC2N1.Cl. The summed E-state index contributed by atoms with van der Waals surface area (Å²) < 4.78 is 0. The molecule has 1 N–H and O–H groups in total. The zero-order valence-electron chi connectivity index (χ0n) is 14.3. The number of likely N-dealkylation sites (N-methyl/N-ethyl adjacent to an activating group) is 1. The molecular formula is C19H29ClN2O. The van der Waals surface area contributed by atoms with Crippen LogP contribution in [0.15, 0.2) is 24.3 Å². The van der Waals surface area contributed by atoms with Gasteiger partial charge in [0.1, 0.15) is 0 Å². The maximum atomic E-state index is 12.9. The molecule has 1 saturated carbocycles. The molecule has 0 aromatic heterocycles. The molecular weight excluding hydrogens is 308 g/mol. The number of hydrogen-bond donors (Lipinski definition) is 1. The first kappa shape index (κ1) is 18.3. The molecule has 2 fully saturated rings. The number of nitrogens with zero attached hydrogens (tertiary/aromatic N) is 1. The van der Waals surface area contributed by atoms with E-state index in [1.54, 1.807) is 0 Å². The van der Waals surface area contributed by atoms with E-state index in [0.29, 0.717) is 11.9 Å². The molecule has 3 nitrogen and oxygen atoms in total. The fourth-order valence-electron chi connectivity index (χ4n) is 4.07. The summed E-state index contributed by atoms with van der Waals surface area (Å²) in [5, 5.41) is 3.62. The van der Waals surface area contributed by atoms with Crippen LogP contribution in [0.1, 0.15) is 50.2 Å². The van der Waals surface area contributed by atoms with Gasteiger partial charge in [-0.15, -0.1) is 12.4 Å². The van der Waals surface area contributed by atoms with E-state index >= 15 is 0 Å². The normalized spacial score (nSPS) is 26.3. The zero-order valence-corrected chi connectivity index (χ0v) is 15.1. The number of benzene rings is 1. The lowest BCUT2D eigenvalue weighted by Crippen LogP contribution is -2.45. The molecule has 3 atom stereocenters. The van der Waals surface area contributed by atoms with Crippen LogP contribution in [0.25, 0.3) is 0 Å². The number of hydrogen-bond acceptors (Lipinski definition) is 2. The van der Waals surface area contributed by atoms with Gasteiger partial charge in [0.2, 0.25) is 5.91 Å². The highest BCUT2D eigenvalue weighted by atomic mass is 35.5. The highest BCUT2D eigenvalue weighted by Gasteiger charge is 2.39. The minimum atomic E-state index is 0. The molecule has 1 aliphatic carbocycles. The van der Waals surface area contributed by atoms with Gasteiger partial charge in [0.25, 0.3) is 0 Å². The van der Waals surface area contributed by atoms with Crippen molar-refractivity contribution in [2.45, 2.75) is 64.6 Å². The molecule has 1 aromatic carbocycles. The Morgan fingerprint density at radius 3 is 2.70 bits per heavy atom. The molecule has 2 aliphatic rings. The molecule has 1 amide bonds. The van der Waals surface area contributed by atoms with Gasteiger partial charge in [-0.3, -0.25) is 4.79 Å². The van der Waals surface area contributed by atoms with Crippen LogP contribution in [-0.2, 0) is 11.3 Å². The van der Waals surface area contributed by atoms with Crippen molar-refractivity contribution in [3.8, 4) is 0 Å². The zero-order chi connectivity index (χ0) is 15.5. The Kier molecular flexibility index (Phi) is 6.49. The van der Waals surface area contributed by atoms with Crippen LogP contribution in [0.3, 0.4) is 0 Å². The van der Waals surface area contributed by atoms with Crippen molar-refractivity contribution < 1.29 is 4.79 Å². The van der Waals surface area contributed by atoms with Crippen molar-refractivity contribution in [3.05, 3.63) is 35.4 Å². The number of amides is 1. The quantitative estimate of drug-likeness (QED) is 0.909. The number of fused-ring (bicyclic) bond motifs is 1. The molecule has 128 valence electrons. The third kappa shape index (κ3) is 4.07. The van der Waals surface area contributed by atoms with Crippen LogP contribution >= 0.6 is 12.4 Å². The second-order valence-electron chi connectivity index (χ2n) is 6.88.